The number of aromatic nitrogens is 2. The SMILES string of the molecule is [C-]#[N+]C(C#N)C1=C(N=Nc2c(C)n(C)n(-c3ccccc3)c2=O)C(=O)OC2(O1)C1CC3CC(C1)CC2C3. The number of nitriles is 1. The Labute approximate surface area is 213 Å². The van der Waals surface area contributed by atoms with Crippen LogP contribution in [0.2, 0.25) is 0 Å². The summed E-state index contributed by atoms with van der Waals surface area (Å²) < 4.78 is 15.5. The van der Waals surface area contributed by atoms with E-state index in [1.165, 1.54) is 11.1 Å². The van der Waals surface area contributed by atoms with Crippen LogP contribution in [0.25, 0.3) is 10.5 Å². The van der Waals surface area contributed by atoms with Crippen molar-refractivity contribution in [3.8, 4) is 11.8 Å². The van der Waals surface area contributed by atoms with E-state index in [0.717, 1.165) is 25.7 Å². The maximum atomic E-state index is 13.4. The average Bonchev–Trinajstić information content (AvgIpc) is 3.10. The van der Waals surface area contributed by atoms with E-state index in [1.54, 1.807) is 30.8 Å². The predicted octanol–water partition coefficient (Wildman–Crippen LogP) is 4.32. The van der Waals surface area contributed by atoms with Gasteiger partial charge in [0.25, 0.3) is 11.3 Å². The van der Waals surface area contributed by atoms with Crippen LogP contribution in [0, 0.1) is 48.5 Å². The predicted molar refractivity (Wildman–Crippen MR) is 130 cm³/mol. The number of ether oxygens (including phenoxy) is 2. The molecular weight excluding hydrogens is 472 g/mol. The van der Waals surface area contributed by atoms with Gasteiger partial charge in [0.1, 0.15) is 0 Å². The number of benzene rings is 1. The fourth-order valence-electron chi connectivity index (χ4n) is 6.90. The first-order valence-corrected chi connectivity index (χ1v) is 12.5. The maximum Gasteiger partial charge on any atom is 0.366 e. The zero-order valence-electron chi connectivity index (χ0n) is 20.6. The van der Waals surface area contributed by atoms with Gasteiger partial charge in [-0.05, 0) is 63.0 Å². The van der Waals surface area contributed by atoms with Crippen LogP contribution < -0.4 is 5.56 Å². The highest BCUT2D eigenvalue weighted by molar-refractivity contribution is 5.90. The van der Waals surface area contributed by atoms with Crippen molar-refractivity contribution in [2.24, 2.45) is 40.9 Å². The Hall–Kier alpha value is -4.18. The van der Waals surface area contributed by atoms with Crippen molar-refractivity contribution >= 4 is 11.7 Å². The van der Waals surface area contributed by atoms with E-state index in [9.17, 15) is 14.9 Å². The van der Waals surface area contributed by atoms with Crippen LogP contribution in [0.5, 0.6) is 0 Å². The van der Waals surface area contributed by atoms with E-state index in [2.05, 4.69) is 15.1 Å². The van der Waals surface area contributed by atoms with Crippen LogP contribution >= 0.6 is 0 Å². The lowest BCUT2D eigenvalue weighted by Gasteiger charge is -2.59. The molecule has 1 aromatic carbocycles. The molecular formula is C27H26N6O4. The molecule has 1 unspecified atom stereocenters. The number of esters is 1. The lowest BCUT2D eigenvalue weighted by atomic mass is 9.53. The molecule has 0 amide bonds. The summed E-state index contributed by atoms with van der Waals surface area (Å²) >= 11 is 0. The summed E-state index contributed by atoms with van der Waals surface area (Å²) in [5, 5.41) is 17.9. The van der Waals surface area contributed by atoms with E-state index in [-0.39, 0.29) is 29.0 Å². The molecule has 1 atom stereocenters. The molecule has 188 valence electrons. The lowest BCUT2D eigenvalue weighted by molar-refractivity contribution is -0.315. The molecule has 4 aliphatic carbocycles. The number of carbonyl (C=O) groups excluding carboxylic acids is 1. The van der Waals surface area contributed by atoms with Crippen molar-refractivity contribution in [3.63, 3.8) is 0 Å². The third-order valence-electron chi connectivity index (χ3n) is 8.50. The number of para-hydroxylation sites is 1. The number of azo groups is 1. The molecule has 0 saturated heterocycles. The van der Waals surface area contributed by atoms with Crippen LogP contribution in [0.1, 0.15) is 37.8 Å². The minimum Gasteiger partial charge on any atom is -0.444 e. The molecule has 10 heteroatoms. The first kappa shape index (κ1) is 23.2. The first-order chi connectivity index (χ1) is 17.9. The monoisotopic (exact) mass is 498 g/mol. The molecule has 5 aliphatic rings. The molecule has 10 nitrogen and oxygen atoms in total. The summed E-state index contributed by atoms with van der Waals surface area (Å²) in [5.74, 6) is -0.794. The first-order valence-electron chi connectivity index (χ1n) is 12.5. The second kappa shape index (κ2) is 8.45. The summed E-state index contributed by atoms with van der Waals surface area (Å²) in [6, 6.07) is 9.65. The fraction of sp³-hybridized carbons (Fsp3) is 0.481. The second-order valence-corrected chi connectivity index (χ2v) is 10.5. The van der Waals surface area contributed by atoms with Crippen LogP contribution in [-0.4, -0.2) is 27.2 Å². The summed E-state index contributed by atoms with van der Waals surface area (Å²) in [6.07, 6.45) is 4.83. The van der Waals surface area contributed by atoms with E-state index in [0.29, 0.717) is 23.2 Å². The van der Waals surface area contributed by atoms with Gasteiger partial charge in [-0.1, -0.05) is 18.2 Å². The van der Waals surface area contributed by atoms with Gasteiger partial charge in [-0.3, -0.25) is 14.3 Å². The summed E-state index contributed by atoms with van der Waals surface area (Å²) in [5.41, 5.74) is 0.473. The molecule has 4 fully saturated rings. The summed E-state index contributed by atoms with van der Waals surface area (Å²) in [6.45, 7) is 9.27. The number of hydrogen-bond donors (Lipinski definition) is 0. The van der Waals surface area contributed by atoms with Crippen molar-refractivity contribution in [2.45, 2.75) is 50.9 Å². The molecule has 0 radical (unpaired) electrons. The molecule has 4 bridgehead atoms. The van der Waals surface area contributed by atoms with Gasteiger partial charge in [0.2, 0.25) is 11.5 Å². The maximum absolute atomic E-state index is 13.4. The third-order valence-corrected chi connectivity index (χ3v) is 8.50. The topological polar surface area (TPSA) is 115 Å². The molecule has 4 saturated carbocycles. The number of rotatable bonds is 4. The number of hydrogen-bond acceptors (Lipinski definition) is 7. The Morgan fingerprint density at radius 2 is 1.73 bits per heavy atom. The Morgan fingerprint density at radius 3 is 2.32 bits per heavy atom. The van der Waals surface area contributed by atoms with Gasteiger partial charge in [-0.25, -0.2) is 16.0 Å². The summed E-state index contributed by atoms with van der Waals surface area (Å²) in [7, 11) is 1.73. The third kappa shape index (κ3) is 3.43. The second-order valence-electron chi connectivity index (χ2n) is 10.5. The molecule has 1 aromatic heterocycles. The smallest absolute Gasteiger partial charge is 0.366 e. The molecule has 1 spiro atoms. The van der Waals surface area contributed by atoms with Crippen LogP contribution in [-0.2, 0) is 21.3 Å². The Bertz CT molecular complexity index is 1440. The van der Waals surface area contributed by atoms with Crippen molar-refractivity contribution < 1.29 is 14.3 Å². The highest BCUT2D eigenvalue weighted by Crippen LogP contribution is 2.61. The van der Waals surface area contributed by atoms with Gasteiger partial charge in [0.05, 0.1) is 11.4 Å². The van der Waals surface area contributed by atoms with E-state index in [1.807, 2.05) is 24.3 Å². The number of nitrogens with zero attached hydrogens (tertiary/aromatic N) is 6. The average molecular weight is 499 g/mol. The summed E-state index contributed by atoms with van der Waals surface area (Å²) in [4.78, 5) is 30.0. The van der Waals surface area contributed by atoms with Gasteiger partial charge in [0, 0.05) is 18.9 Å². The fourth-order valence-corrected chi connectivity index (χ4v) is 6.90. The van der Waals surface area contributed by atoms with Crippen molar-refractivity contribution in [1.29, 1.82) is 5.26 Å². The van der Waals surface area contributed by atoms with Gasteiger partial charge >= 0.3 is 12.0 Å². The van der Waals surface area contributed by atoms with Gasteiger partial charge in [0.15, 0.2) is 11.8 Å². The van der Waals surface area contributed by atoms with E-state index in [4.69, 9.17) is 16.0 Å². The van der Waals surface area contributed by atoms with Gasteiger partial charge < -0.3 is 9.47 Å². The minimum atomic E-state index is -1.37. The van der Waals surface area contributed by atoms with Crippen LogP contribution in [0.3, 0.4) is 0 Å². The molecule has 0 N–H and O–H groups in total. The Morgan fingerprint density at radius 1 is 1.08 bits per heavy atom. The normalized spacial score (nSPS) is 30.8. The van der Waals surface area contributed by atoms with Crippen LogP contribution in [0.15, 0.2) is 56.8 Å². The molecule has 2 aromatic rings. The van der Waals surface area contributed by atoms with Gasteiger partial charge in [-0.2, -0.15) is 5.26 Å². The zero-order chi connectivity index (χ0) is 25.9. The van der Waals surface area contributed by atoms with Crippen molar-refractivity contribution in [1.82, 2.24) is 9.36 Å². The lowest BCUT2D eigenvalue weighted by Crippen LogP contribution is -2.62. The van der Waals surface area contributed by atoms with E-state index < -0.39 is 23.4 Å². The van der Waals surface area contributed by atoms with E-state index >= 15 is 0 Å². The van der Waals surface area contributed by atoms with Crippen molar-refractivity contribution in [3.05, 3.63) is 69.3 Å². The largest absolute Gasteiger partial charge is 0.444 e. The molecule has 37 heavy (non-hydrogen) atoms. The van der Waals surface area contributed by atoms with Gasteiger partial charge in [-0.15, -0.1) is 10.2 Å². The van der Waals surface area contributed by atoms with Crippen molar-refractivity contribution in [2.75, 3.05) is 0 Å². The minimum absolute atomic E-state index is 0.0284. The molecule has 1 aliphatic heterocycles. The Balaban J connectivity index is 1.42. The zero-order valence-corrected chi connectivity index (χ0v) is 20.6. The highest BCUT2D eigenvalue weighted by atomic mass is 16.7. The Kier molecular flexibility index (Phi) is 5.30. The standard InChI is InChI=1S/C27H26N6O4/c1-15-22(25(34)33(32(15)3)20-7-5-4-6-8-20)30-31-23-24(21(14-28)29-2)36-27(37-26(23)35)18-10-16-9-17(12-18)13-19(27)11-16/h4-8,16-19,21H,9-13H2,1,3H3. The van der Waals surface area contributed by atoms with Crippen LogP contribution in [0.4, 0.5) is 5.69 Å². The number of carbonyl (C=O) groups is 1. The molecule has 7 rings (SSSR count). The quantitative estimate of drug-likeness (QED) is 0.354. The highest BCUT2D eigenvalue weighted by Gasteiger charge is 2.64. The molecule has 2 heterocycles.